The molecule has 614 valence electrons. The topological polar surface area (TPSA) is 102 Å². The van der Waals surface area contributed by atoms with Crippen LogP contribution in [0, 0.1) is 60.4 Å². The van der Waals surface area contributed by atoms with Crippen molar-refractivity contribution in [3.63, 3.8) is 0 Å². The van der Waals surface area contributed by atoms with Crippen LogP contribution in [0.5, 0.6) is 11.5 Å². The zero-order valence-electron chi connectivity index (χ0n) is 81.2. The summed E-state index contributed by atoms with van der Waals surface area (Å²) in [5.41, 5.74) is 28.6. The minimum absolute atomic E-state index is 0. The van der Waals surface area contributed by atoms with Gasteiger partial charge in [-0.2, -0.15) is 0 Å². The van der Waals surface area contributed by atoms with Crippen LogP contribution in [-0.2, 0) is 47.5 Å². The molecule has 0 spiro atoms. The number of benzene rings is 14. The maximum atomic E-state index is 11.8. The van der Waals surface area contributed by atoms with E-state index in [9.17, 15) is 10.2 Å². The molecule has 8 nitrogen and oxygen atoms in total. The molecule has 18 aromatic rings. The maximum Gasteiger partial charge on any atom is 0.148 e. The van der Waals surface area contributed by atoms with Crippen molar-refractivity contribution in [3.05, 3.63) is 383 Å². The Hall–Kier alpha value is -12.7. The summed E-state index contributed by atoms with van der Waals surface area (Å²) in [7, 11) is 0. The van der Waals surface area contributed by atoms with Crippen LogP contribution in [-0.4, -0.2) is 39.3 Å². The Balaban J connectivity index is 0.000000203. The number of imidazole rings is 2. The van der Waals surface area contributed by atoms with Crippen molar-refractivity contribution >= 4 is 22.1 Å². The van der Waals surface area contributed by atoms with Crippen molar-refractivity contribution in [2.45, 2.75) is 114 Å². The molecule has 0 saturated carbocycles. The zero-order valence-corrected chi connectivity index (χ0v) is 74.8. The summed E-state index contributed by atoms with van der Waals surface area (Å²) in [5.74, 6) is -0.754. The van der Waals surface area contributed by atoms with Crippen LogP contribution in [0.4, 0.5) is 0 Å². The summed E-state index contributed by atoms with van der Waals surface area (Å²) in [6.07, 6.45) is 3.51. The fourth-order valence-corrected chi connectivity index (χ4v) is 16.2. The number of aryl methyl sites for hydroxylation is 7. The normalized spacial score (nSPS) is 13.2. The van der Waals surface area contributed by atoms with Crippen LogP contribution >= 0.6 is 0 Å². The number of hydrogen-bond donors (Lipinski definition) is 2. The molecule has 0 radical (unpaired) electrons. The molecule has 0 aliphatic heterocycles. The molecule has 123 heavy (non-hydrogen) atoms. The van der Waals surface area contributed by atoms with Gasteiger partial charge in [-0.05, 0) is 221 Å². The first kappa shape index (κ1) is 72.0. The summed E-state index contributed by atoms with van der Waals surface area (Å²) < 4.78 is 95.8. The van der Waals surface area contributed by atoms with Gasteiger partial charge in [-0.1, -0.05) is 311 Å². The fraction of sp³-hybridized carbons (Fsp3) is 0.150. The SMILES string of the molecule is [2H]C([2H])([2H])c1ccc(-c2ccnc(-c3[c-]c(-c4cccc5c4nc(-c4cc(C)cc(C)c4O)n5-c4ccc(-c5cc(C([2H])(C)C)cc(C([2H])(C)C)c5)cc4C([2H])([2H])[2H])cc(-c4ccccc4)c3)c2)cc1.[2H]C([2H])([2H])c1ccc(-c2ccnc(-c3[c-]c(-c4cccc5c4nc(-c4cc(C)cc(C)c4O)n5-c4ccc(C(C)(C)C)cc4-c4ccccc4)cc(-c4ccccc4)c3)c2)cc1.[Pt].[Pt]. The van der Waals surface area contributed by atoms with Crippen LogP contribution < -0.4 is 0 Å². The Morgan fingerprint density at radius 2 is 0.740 bits per heavy atom. The van der Waals surface area contributed by atoms with E-state index in [0.29, 0.717) is 95.3 Å². The number of rotatable bonds is 16. The average Bonchev–Trinajstić information content (AvgIpc) is 1.58. The van der Waals surface area contributed by atoms with E-state index in [-0.39, 0.29) is 70.2 Å². The van der Waals surface area contributed by atoms with Gasteiger partial charge in [0.15, 0.2) is 0 Å². The van der Waals surface area contributed by atoms with Crippen LogP contribution in [0.2, 0.25) is 0 Å². The van der Waals surface area contributed by atoms with Gasteiger partial charge in [-0.25, -0.2) is 9.97 Å². The molecule has 2 N–H and O–H groups in total. The first-order valence-electron chi connectivity index (χ1n) is 46.2. The van der Waals surface area contributed by atoms with Crippen molar-refractivity contribution in [1.82, 2.24) is 29.1 Å². The van der Waals surface area contributed by atoms with Gasteiger partial charge in [0, 0.05) is 86.6 Å². The van der Waals surface area contributed by atoms with E-state index >= 15 is 0 Å². The van der Waals surface area contributed by atoms with E-state index in [1.165, 1.54) is 5.56 Å². The smallest absolute Gasteiger partial charge is 0.148 e. The van der Waals surface area contributed by atoms with Crippen LogP contribution in [0.3, 0.4) is 0 Å². The number of phenols is 2. The fourth-order valence-electron chi connectivity index (χ4n) is 16.2. The molecule has 0 amide bonds. The van der Waals surface area contributed by atoms with E-state index in [4.69, 9.17) is 35.0 Å². The largest absolute Gasteiger partial charge is 0.507 e. The standard InChI is InChI=1S/C58H52N3O.C55H46N3O.2Pt/c1-35(2)45-28-46(36(3)4)30-48(29-45)43-21-22-54(39(7)27-43)61-55-16-12-15-51(56(55)60-58(61)52-26-38(6)25-40(8)57(52)62)49-31-47(41-13-10-9-11-14-41)32-50(33-49)53-34-44(23-24-59-53)42-19-17-37(5)18-20-42;1-35-20-22-39(23-21-35)41-26-27-56-49(33-41)44-31-42(38-14-9-7-10-15-38)30-43(32-44)46-18-13-19-51-52(46)57-54(48-29-36(2)28-37(3)53(48)59)58(51)50-25-24-45(55(4,5)6)34-47(50)40-16-11-8-12-17-40;;/h9-32,34-36,62H,1-8H3;7-31,33-34,59H,1-6H3;;/q2*-1;;/i5D3,7D3,35D,36D;1D3;;. The monoisotopic (exact) mass is 1970 g/mol. The second-order valence-electron chi connectivity index (χ2n) is 32.9. The second kappa shape index (κ2) is 35.8. The summed E-state index contributed by atoms with van der Waals surface area (Å²) in [4.78, 5) is 20.5. The Morgan fingerprint density at radius 1 is 0.333 bits per heavy atom. The van der Waals surface area contributed by atoms with E-state index in [1.54, 1.807) is 88.6 Å². The van der Waals surface area contributed by atoms with E-state index in [2.05, 4.69) is 128 Å². The van der Waals surface area contributed by atoms with E-state index in [1.807, 2.05) is 196 Å². The van der Waals surface area contributed by atoms with E-state index < -0.39 is 32.3 Å². The van der Waals surface area contributed by atoms with E-state index in [0.717, 1.165) is 111 Å². The molecule has 10 heteroatoms. The molecule has 0 saturated heterocycles. The molecule has 0 unspecified atom stereocenters. The Kier molecular flexibility index (Phi) is 20.9. The van der Waals surface area contributed by atoms with Crippen molar-refractivity contribution in [2.75, 3.05) is 0 Å². The molecule has 4 heterocycles. The molecule has 18 rings (SSSR count). The average molecular weight is 1970 g/mol. The van der Waals surface area contributed by atoms with Crippen molar-refractivity contribution in [3.8, 4) is 157 Å². The molecule has 0 bridgehead atoms. The number of phenolic OH excluding ortho intramolecular Hbond substituents is 2. The van der Waals surface area contributed by atoms with Crippen molar-refractivity contribution < 1.29 is 67.4 Å². The second-order valence-corrected chi connectivity index (χ2v) is 32.9. The number of pyridine rings is 2. The summed E-state index contributed by atoms with van der Waals surface area (Å²) in [5, 5.41) is 23.6. The predicted molar refractivity (Wildman–Crippen MR) is 504 cm³/mol. The van der Waals surface area contributed by atoms with Gasteiger partial charge in [0.1, 0.15) is 23.1 Å². The zero-order chi connectivity index (χ0) is 93.4. The third kappa shape index (κ3) is 17.6. The molecule has 0 aliphatic carbocycles. The summed E-state index contributed by atoms with van der Waals surface area (Å²) >= 11 is 0. The summed E-state index contributed by atoms with van der Waals surface area (Å²) in [6.45, 7) is 14.6. The Morgan fingerprint density at radius 3 is 1.18 bits per heavy atom. The van der Waals surface area contributed by atoms with Gasteiger partial charge >= 0.3 is 0 Å². The quantitative estimate of drug-likeness (QED) is 0.0935. The number of para-hydroxylation sites is 2. The van der Waals surface area contributed by atoms with Crippen LogP contribution in [0.25, 0.3) is 168 Å². The number of fused-ring (bicyclic) bond motifs is 2. The molecule has 14 aromatic carbocycles. The molecule has 0 fully saturated rings. The number of aromatic nitrogens is 6. The van der Waals surface area contributed by atoms with Crippen molar-refractivity contribution in [1.29, 1.82) is 0 Å². The van der Waals surface area contributed by atoms with Crippen LogP contribution in [0.1, 0.15) is 131 Å². The van der Waals surface area contributed by atoms with Gasteiger partial charge in [0.25, 0.3) is 0 Å². The first-order valence-corrected chi connectivity index (χ1v) is 40.7. The Bertz CT molecular complexity index is 7430. The molecular weight excluding hydrogens is 1860 g/mol. The number of aromatic hydroxyl groups is 2. The van der Waals surface area contributed by atoms with Gasteiger partial charge in [0.05, 0.1) is 44.6 Å². The number of nitrogens with zero attached hydrogens (tertiary/aromatic N) is 6. The summed E-state index contributed by atoms with van der Waals surface area (Å²) in [6, 6.07) is 106. The first-order chi connectivity index (χ1) is 62.7. The van der Waals surface area contributed by atoms with Gasteiger partial charge in [-0.15, -0.1) is 47.5 Å². The predicted octanol–water partition coefficient (Wildman–Crippen LogP) is 29.6. The van der Waals surface area contributed by atoms with Gasteiger partial charge in [-0.3, -0.25) is 19.1 Å². The minimum Gasteiger partial charge on any atom is -0.507 e. The van der Waals surface area contributed by atoms with Gasteiger partial charge in [0.2, 0.25) is 0 Å². The Labute approximate surface area is 767 Å². The maximum absolute atomic E-state index is 11.8. The number of hydrogen-bond acceptors (Lipinski definition) is 6. The minimum atomic E-state index is -2.61. The third-order valence-electron chi connectivity index (χ3n) is 22.6. The van der Waals surface area contributed by atoms with Crippen molar-refractivity contribution in [2.24, 2.45) is 0 Å². The third-order valence-corrected chi connectivity index (χ3v) is 22.6. The molecular formula is C113H98N6O2Pt2-2. The molecule has 0 aliphatic rings. The molecule has 0 atom stereocenters. The molecule has 4 aromatic heterocycles. The van der Waals surface area contributed by atoms with Gasteiger partial charge < -0.3 is 10.2 Å². The van der Waals surface area contributed by atoms with Crippen LogP contribution in [0.15, 0.2) is 316 Å².